The van der Waals surface area contributed by atoms with Gasteiger partial charge in [0.1, 0.15) is 0 Å². The Morgan fingerprint density at radius 3 is 3.16 bits per heavy atom. The van der Waals surface area contributed by atoms with E-state index >= 15 is 0 Å². The third-order valence-corrected chi connectivity index (χ3v) is 4.17. The predicted molar refractivity (Wildman–Crippen MR) is 77.8 cm³/mol. The topological polar surface area (TPSA) is 89.3 Å². The van der Waals surface area contributed by atoms with E-state index in [9.17, 15) is 4.79 Å². The van der Waals surface area contributed by atoms with Crippen molar-refractivity contribution in [2.24, 2.45) is 11.8 Å². The van der Waals surface area contributed by atoms with Gasteiger partial charge in [-0.2, -0.15) is 0 Å². The Labute approximate surface area is 120 Å². The molecule has 8 heteroatoms. The number of hydrazine groups is 1. The van der Waals surface area contributed by atoms with Gasteiger partial charge in [0.2, 0.25) is 0 Å². The molecule has 1 aromatic heterocycles. The van der Waals surface area contributed by atoms with Crippen LogP contribution in [0.25, 0.3) is 0 Å². The van der Waals surface area contributed by atoms with Gasteiger partial charge in [0.15, 0.2) is 10.2 Å². The van der Waals surface area contributed by atoms with Crippen molar-refractivity contribution < 1.29 is 9.53 Å². The van der Waals surface area contributed by atoms with Gasteiger partial charge in [0.25, 0.3) is 0 Å². The monoisotopic (exact) mass is 300 g/mol. The van der Waals surface area contributed by atoms with Gasteiger partial charge in [-0.3, -0.25) is 4.79 Å². The summed E-state index contributed by atoms with van der Waals surface area (Å²) in [7, 11) is 0. The van der Waals surface area contributed by atoms with Crippen LogP contribution < -0.4 is 16.6 Å². The SMILES string of the molecule is CCOC(=O)C1CCc2nc(NC(=S)NN)sc2C1. The number of nitrogens with zero attached hydrogens (tertiary/aromatic N) is 1. The summed E-state index contributed by atoms with van der Waals surface area (Å²) in [5, 5.41) is 3.94. The average Bonchev–Trinajstić information content (AvgIpc) is 2.79. The fraction of sp³-hybridized carbons (Fsp3) is 0.545. The van der Waals surface area contributed by atoms with Gasteiger partial charge in [-0.15, -0.1) is 11.3 Å². The normalized spacial score (nSPS) is 17.5. The number of aromatic nitrogens is 1. The highest BCUT2D eigenvalue weighted by Gasteiger charge is 2.28. The highest BCUT2D eigenvalue weighted by molar-refractivity contribution is 7.80. The van der Waals surface area contributed by atoms with E-state index in [1.165, 1.54) is 11.3 Å². The maximum atomic E-state index is 11.7. The van der Waals surface area contributed by atoms with Crippen LogP contribution in [0.15, 0.2) is 0 Å². The molecule has 19 heavy (non-hydrogen) atoms. The van der Waals surface area contributed by atoms with Crippen LogP contribution in [0, 0.1) is 5.92 Å². The van der Waals surface area contributed by atoms with Crippen molar-refractivity contribution in [3.63, 3.8) is 0 Å². The highest BCUT2D eigenvalue weighted by atomic mass is 32.1. The van der Waals surface area contributed by atoms with E-state index in [2.05, 4.69) is 15.7 Å². The number of carbonyl (C=O) groups is 1. The third kappa shape index (κ3) is 3.40. The summed E-state index contributed by atoms with van der Waals surface area (Å²) in [6.07, 6.45) is 2.27. The lowest BCUT2D eigenvalue weighted by Gasteiger charge is -2.18. The average molecular weight is 300 g/mol. The molecule has 2 rings (SSSR count). The number of hydrogen-bond acceptors (Lipinski definition) is 6. The number of carbonyl (C=O) groups excluding carboxylic acids is 1. The number of thiazole rings is 1. The van der Waals surface area contributed by atoms with Gasteiger partial charge in [-0.25, -0.2) is 10.8 Å². The van der Waals surface area contributed by atoms with Crippen molar-refractivity contribution >= 4 is 39.8 Å². The molecule has 4 N–H and O–H groups in total. The molecule has 0 radical (unpaired) electrons. The zero-order valence-corrected chi connectivity index (χ0v) is 12.2. The molecule has 0 fully saturated rings. The van der Waals surface area contributed by atoms with Crippen LogP contribution in [0.2, 0.25) is 0 Å². The van der Waals surface area contributed by atoms with E-state index < -0.39 is 0 Å². The van der Waals surface area contributed by atoms with Crippen LogP contribution in [-0.2, 0) is 22.4 Å². The Bertz CT molecular complexity index is 489. The van der Waals surface area contributed by atoms with E-state index in [1.807, 2.05) is 6.92 Å². The number of thiocarbonyl (C=S) groups is 1. The maximum Gasteiger partial charge on any atom is 0.309 e. The summed E-state index contributed by atoms with van der Waals surface area (Å²) in [6.45, 7) is 2.25. The lowest BCUT2D eigenvalue weighted by molar-refractivity contribution is -0.148. The van der Waals surface area contributed by atoms with E-state index in [1.54, 1.807) is 0 Å². The number of nitrogens with two attached hydrogens (primary N) is 1. The van der Waals surface area contributed by atoms with Crippen molar-refractivity contribution in [2.75, 3.05) is 11.9 Å². The van der Waals surface area contributed by atoms with Gasteiger partial charge in [-0.1, -0.05) is 0 Å². The van der Waals surface area contributed by atoms with E-state index in [0.717, 1.165) is 23.4 Å². The second-order valence-corrected chi connectivity index (χ2v) is 5.67. The molecule has 0 saturated heterocycles. The Hall–Kier alpha value is -1.25. The summed E-state index contributed by atoms with van der Waals surface area (Å²) in [4.78, 5) is 17.3. The van der Waals surface area contributed by atoms with Gasteiger partial charge >= 0.3 is 5.97 Å². The second kappa shape index (κ2) is 6.27. The zero-order valence-electron chi connectivity index (χ0n) is 10.6. The minimum Gasteiger partial charge on any atom is -0.466 e. The quantitative estimate of drug-likeness (QED) is 0.332. The Balaban J connectivity index is 2.04. The van der Waals surface area contributed by atoms with Gasteiger partial charge in [-0.05, 0) is 38.4 Å². The second-order valence-electron chi connectivity index (χ2n) is 4.18. The first-order valence-corrected chi connectivity index (χ1v) is 7.29. The minimum atomic E-state index is -0.116. The van der Waals surface area contributed by atoms with Crippen molar-refractivity contribution in [1.29, 1.82) is 0 Å². The van der Waals surface area contributed by atoms with Gasteiger partial charge in [0, 0.05) is 4.88 Å². The summed E-state index contributed by atoms with van der Waals surface area (Å²) in [5.41, 5.74) is 3.39. The van der Waals surface area contributed by atoms with E-state index in [4.69, 9.17) is 22.8 Å². The smallest absolute Gasteiger partial charge is 0.309 e. The first kappa shape index (κ1) is 14.2. The van der Waals surface area contributed by atoms with E-state index in [-0.39, 0.29) is 11.9 Å². The third-order valence-electron chi connectivity index (χ3n) is 2.91. The summed E-state index contributed by atoms with van der Waals surface area (Å²) in [5.74, 6) is 5.03. The van der Waals surface area contributed by atoms with Crippen LogP contribution in [0.3, 0.4) is 0 Å². The summed E-state index contributed by atoms with van der Waals surface area (Å²) >= 11 is 6.43. The van der Waals surface area contributed by atoms with Crippen LogP contribution in [-0.4, -0.2) is 22.7 Å². The molecule has 0 spiro atoms. The van der Waals surface area contributed by atoms with E-state index in [0.29, 0.717) is 23.3 Å². The molecule has 0 aromatic carbocycles. The molecule has 1 heterocycles. The summed E-state index contributed by atoms with van der Waals surface area (Å²) < 4.78 is 5.07. The van der Waals surface area contributed by atoms with Crippen molar-refractivity contribution in [3.8, 4) is 0 Å². The molecular weight excluding hydrogens is 284 g/mol. The number of ether oxygens (including phenoxy) is 1. The molecule has 1 unspecified atom stereocenters. The molecule has 0 aliphatic heterocycles. The molecule has 1 aromatic rings. The first-order valence-electron chi connectivity index (χ1n) is 6.06. The molecule has 1 aliphatic rings. The van der Waals surface area contributed by atoms with Crippen LogP contribution in [0.5, 0.6) is 0 Å². The van der Waals surface area contributed by atoms with Crippen molar-refractivity contribution in [1.82, 2.24) is 10.4 Å². The zero-order chi connectivity index (χ0) is 13.8. The molecule has 1 atom stereocenters. The molecule has 104 valence electrons. The van der Waals surface area contributed by atoms with Crippen LogP contribution in [0.1, 0.15) is 23.9 Å². The number of fused-ring (bicyclic) bond motifs is 1. The Morgan fingerprint density at radius 2 is 2.47 bits per heavy atom. The highest BCUT2D eigenvalue weighted by Crippen LogP contribution is 2.32. The maximum absolute atomic E-state index is 11.7. The Kier molecular flexibility index (Phi) is 4.67. The van der Waals surface area contributed by atoms with Gasteiger partial charge < -0.3 is 15.5 Å². The fourth-order valence-corrected chi connectivity index (χ4v) is 3.28. The number of aryl methyl sites for hydroxylation is 1. The first-order chi connectivity index (χ1) is 9.13. The summed E-state index contributed by atoms with van der Waals surface area (Å²) in [6, 6.07) is 0. The molecule has 0 amide bonds. The Morgan fingerprint density at radius 1 is 1.68 bits per heavy atom. The van der Waals surface area contributed by atoms with Crippen molar-refractivity contribution in [2.45, 2.75) is 26.2 Å². The van der Waals surface area contributed by atoms with Crippen LogP contribution >= 0.6 is 23.6 Å². The standard InChI is InChI=1S/C11H16N4O2S2/c1-2-17-9(16)6-3-4-7-8(5-6)19-11(13-7)14-10(18)15-12/h6H,2-5,12H2,1H3,(H2,13,14,15,18). The molecule has 6 nitrogen and oxygen atoms in total. The molecule has 0 saturated carbocycles. The van der Waals surface area contributed by atoms with Crippen molar-refractivity contribution in [3.05, 3.63) is 10.6 Å². The van der Waals surface area contributed by atoms with Gasteiger partial charge in [0.05, 0.1) is 18.2 Å². The number of hydrogen-bond donors (Lipinski definition) is 3. The lowest BCUT2D eigenvalue weighted by atomic mass is 9.91. The number of rotatable bonds is 3. The molecular formula is C11H16N4O2S2. The minimum absolute atomic E-state index is 0.0552. The van der Waals surface area contributed by atoms with Crippen LogP contribution in [0.4, 0.5) is 5.13 Å². The number of anilines is 1. The number of esters is 1. The number of nitrogens with one attached hydrogen (secondary N) is 2. The lowest BCUT2D eigenvalue weighted by Crippen LogP contribution is -2.34. The fourth-order valence-electron chi connectivity index (χ4n) is 2.02. The predicted octanol–water partition coefficient (Wildman–Crippen LogP) is 0.971. The molecule has 0 bridgehead atoms. The molecule has 1 aliphatic carbocycles. The largest absolute Gasteiger partial charge is 0.466 e.